The van der Waals surface area contributed by atoms with Gasteiger partial charge in [-0.3, -0.25) is 4.90 Å². The zero-order chi connectivity index (χ0) is 14.8. The third-order valence-corrected chi connectivity index (χ3v) is 3.38. The van der Waals surface area contributed by atoms with Gasteiger partial charge in [0.2, 0.25) is 0 Å². The summed E-state index contributed by atoms with van der Waals surface area (Å²) in [5.41, 5.74) is 2.79. The van der Waals surface area contributed by atoms with Crippen LogP contribution in [0.3, 0.4) is 0 Å². The first-order valence-corrected chi connectivity index (χ1v) is 6.55. The number of fused-ring (bicyclic) bond motifs is 1. The molecule has 0 unspecified atom stereocenters. The number of nitrogens with zero attached hydrogens (tertiary/aromatic N) is 1. The maximum Gasteiger partial charge on any atom is 0.338 e. The van der Waals surface area contributed by atoms with Crippen LogP contribution in [-0.4, -0.2) is 19.0 Å². The topological polar surface area (TPSA) is 58.6 Å². The Morgan fingerprint density at radius 1 is 1.19 bits per heavy atom. The third kappa shape index (κ3) is 2.58. The van der Waals surface area contributed by atoms with Crippen LogP contribution in [0.1, 0.15) is 15.9 Å². The average molecular weight is 282 g/mol. The molecule has 0 fully saturated rings. The zero-order valence-corrected chi connectivity index (χ0v) is 11.5. The van der Waals surface area contributed by atoms with Crippen molar-refractivity contribution in [3.63, 3.8) is 0 Å². The first-order valence-electron chi connectivity index (χ1n) is 6.55. The highest BCUT2D eigenvalue weighted by Gasteiger charge is 2.21. The van der Waals surface area contributed by atoms with Crippen molar-refractivity contribution in [3.8, 4) is 0 Å². The molecule has 0 atom stereocenters. The molecule has 1 N–H and O–H groups in total. The SMILES string of the molecule is CN(C(=O)Nc1ccc2c(c1)COC2=O)c1ccccc1. The molecule has 5 heteroatoms. The smallest absolute Gasteiger partial charge is 0.338 e. The van der Waals surface area contributed by atoms with E-state index in [1.165, 1.54) is 4.90 Å². The van der Waals surface area contributed by atoms with Crippen LogP contribution in [0.2, 0.25) is 0 Å². The van der Waals surface area contributed by atoms with E-state index < -0.39 is 0 Å². The second-order valence-electron chi connectivity index (χ2n) is 4.77. The van der Waals surface area contributed by atoms with Crippen LogP contribution >= 0.6 is 0 Å². The lowest BCUT2D eigenvalue weighted by atomic mass is 10.1. The highest BCUT2D eigenvalue weighted by Crippen LogP contribution is 2.23. The molecule has 1 aliphatic rings. The van der Waals surface area contributed by atoms with Gasteiger partial charge in [-0.2, -0.15) is 0 Å². The Labute approximate surface area is 122 Å². The van der Waals surface area contributed by atoms with Gasteiger partial charge in [0.1, 0.15) is 6.61 Å². The highest BCUT2D eigenvalue weighted by molar-refractivity contribution is 6.02. The minimum Gasteiger partial charge on any atom is -0.457 e. The molecule has 2 aromatic carbocycles. The molecule has 1 heterocycles. The maximum absolute atomic E-state index is 12.2. The van der Waals surface area contributed by atoms with E-state index in [1.807, 2.05) is 30.3 Å². The standard InChI is InChI=1S/C16H14N2O3/c1-18(13-5-3-2-4-6-13)16(20)17-12-7-8-14-11(9-12)10-21-15(14)19/h2-9H,10H2,1H3,(H,17,20). The number of hydrogen-bond donors (Lipinski definition) is 1. The van der Waals surface area contributed by atoms with Crippen LogP contribution in [-0.2, 0) is 11.3 Å². The summed E-state index contributed by atoms with van der Waals surface area (Å²) in [4.78, 5) is 25.1. The summed E-state index contributed by atoms with van der Waals surface area (Å²) in [6.07, 6.45) is 0. The Hall–Kier alpha value is -2.82. The number of urea groups is 1. The van der Waals surface area contributed by atoms with Crippen LogP contribution in [0.15, 0.2) is 48.5 Å². The summed E-state index contributed by atoms with van der Waals surface area (Å²) in [7, 11) is 1.70. The van der Waals surface area contributed by atoms with E-state index in [-0.39, 0.29) is 18.6 Å². The van der Waals surface area contributed by atoms with E-state index in [0.717, 1.165) is 11.3 Å². The number of carbonyl (C=O) groups excluding carboxylic acids is 2. The van der Waals surface area contributed by atoms with Crippen molar-refractivity contribution < 1.29 is 14.3 Å². The molecule has 0 aliphatic carbocycles. The van der Waals surface area contributed by atoms with Crippen LogP contribution < -0.4 is 10.2 Å². The number of benzene rings is 2. The fourth-order valence-electron chi connectivity index (χ4n) is 2.19. The van der Waals surface area contributed by atoms with E-state index >= 15 is 0 Å². The molecule has 0 bridgehead atoms. The largest absolute Gasteiger partial charge is 0.457 e. The summed E-state index contributed by atoms with van der Waals surface area (Å²) in [6, 6.07) is 14.2. The first kappa shape index (κ1) is 13.2. The Balaban J connectivity index is 1.75. The molecule has 2 aromatic rings. The number of carbonyl (C=O) groups is 2. The van der Waals surface area contributed by atoms with Gasteiger partial charge in [-0.15, -0.1) is 0 Å². The molecular weight excluding hydrogens is 268 g/mol. The Morgan fingerprint density at radius 2 is 1.95 bits per heavy atom. The zero-order valence-electron chi connectivity index (χ0n) is 11.5. The summed E-state index contributed by atoms with van der Waals surface area (Å²) in [5.74, 6) is -0.315. The van der Waals surface area contributed by atoms with Gasteiger partial charge in [-0.25, -0.2) is 9.59 Å². The molecule has 0 saturated heterocycles. The molecule has 5 nitrogen and oxygen atoms in total. The summed E-state index contributed by atoms with van der Waals surface area (Å²) >= 11 is 0. The van der Waals surface area contributed by atoms with Gasteiger partial charge >= 0.3 is 12.0 Å². The lowest BCUT2D eigenvalue weighted by Gasteiger charge is -2.18. The molecule has 3 rings (SSSR count). The molecule has 21 heavy (non-hydrogen) atoms. The van der Waals surface area contributed by atoms with E-state index in [2.05, 4.69) is 5.32 Å². The number of para-hydroxylation sites is 1. The average Bonchev–Trinajstić information content (AvgIpc) is 2.88. The molecule has 1 aliphatic heterocycles. The van der Waals surface area contributed by atoms with Crippen molar-refractivity contribution in [2.45, 2.75) is 6.61 Å². The van der Waals surface area contributed by atoms with Gasteiger partial charge in [0, 0.05) is 24.0 Å². The van der Waals surface area contributed by atoms with Crippen molar-refractivity contribution in [2.24, 2.45) is 0 Å². The van der Waals surface area contributed by atoms with Crippen LogP contribution in [0.5, 0.6) is 0 Å². The molecular formula is C16H14N2O3. The predicted molar refractivity (Wildman–Crippen MR) is 79.4 cm³/mol. The molecule has 0 saturated carbocycles. The number of esters is 1. The number of nitrogens with one attached hydrogen (secondary N) is 1. The Kier molecular flexibility index (Phi) is 3.31. The van der Waals surface area contributed by atoms with E-state index in [0.29, 0.717) is 11.3 Å². The van der Waals surface area contributed by atoms with Crippen molar-refractivity contribution >= 4 is 23.4 Å². The summed E-state index contributed by atoms with van der Waals surface area (Å²) in [5, 5.41) is 2.80. The minimum atomic E-state index is -0.315. The number of cyclic esters (lactones) is 1. The Morgan fingerprint density at radius 3 is 2.71 bits per heavy atom. The minimum absolute atomic E-state index is 0.244. The van der Waals surface area contributed by atoms with Gasteiger partial charge in [-0.05, 0) is 30.3 Å². The van der Waals surface area contributed by atoms with Crippen molar-refractivity contribution in [1.82, 2.24) is 0 Å². The lowest BCUT2D eigenvalue weighted by molar-refractivity contribution is 0.0535. The highest BCUT2D eigenvalue weighted by atomic mass is 16.5. The van der Waals surface area contributed by atoms with Crippen molar-refractivity contribution in [2.75, 3.05) is 17.3 Å². The summed E-state index contributed by atoms with van der Waals surface area (Å²) < 4.78 is 4.94. The van der Waals surface area contributed by atoms with E-state index in [1.54, 1.807) is 25.2 Å². The summed E-state index contributed by atoms with van der Waals surface area (Å²) in [6.45, 7) is 0.256. The van der Waals surface area contributed by atoms with Gasteiger partial charge in [0.25, 0.3) is 0 Å². The maximum atomic E-state index is 12.2. The fourth-order valence-corrected chi connectivity index (χ4v) is 2.19. The monoisotopic (exact) mass is 282 g/mol. The normalized spacial score (nSPS) is 12.5. The van der Waals surface area contributed by atoms with Crippen LogP contribution in [0.25, 0.3) is 0 Å². The second kappa shape index (κ2) is 5.28. The second-order valence-corrected chi connectivity index (χ2v) is 4.77. The number of ether oxygens (including phenoxy) is 1. The van der Waals surface area contributed by atoms with E-state index in [9.17, 15) is 9.59 Å². The molecule has 0 spiro atoms. The van der Waals surface area contributed by atoms with Gasteiger partial charge < -0.3 is 10.1 Å². The lowest BCUT2D eigenvalue weighted by Crippen LogP contribution is -2.31. The van der Waals surface area contributed by atoms with Crippen LogP contribution in [0, 0.1) is 0 Å². The number of anilines is 2. The van der Waals surface area contributed by atoms with Gasteiger partial charge in [0.05, 0.1) is 5.56 Å². The molecule has 0 radical (unpaired) electrons. The third-order valence-electron chi connectivity index (χ3n) is 3.38. The predicted octanol–water partition coefficient (Wildman–Crippen LogP) is 3.03. The number of amides is 2. The van der Waals surface area contributed by atoms with Crippen LogP contribution in [0.4, 0.5) is 16.2 Å². The number of rotatable bonds is 2. The van der Waals surface area contributed by atoms with Gasteiger partial charge in [-0.1, -0.05) is 18.2 Å². The molecule has 0 aromatic heterocycles. The fraction of sp³-hybridized carbons (Fsp3) is 0.125. The first-order chi connectivity index (χ1) is 10.1. The molecule has 106 valence electrons. The van der Waals surface area contributed by atoms with E-state index in [4.69, 9.17) is 4.74 Å². The number of hydrogen-bond acceptors (Lipinski definition) is 3. The van der Waals surface area contributed by atoms with Crippen molar-refractivity contribution in [1.29, 1.82) is 0 Å². The quantitative estimate of drug-likeness (QED) is 0.861. The van der Waals surface area contributed by atoms with Crippen molar-refractivity contribution in [3.05, 3.63) is 59.7 Å². The molecule has 2 amide bonds. The Bertz CT molecular complexity index is 698. The van der Waals surface area contributed by atoms with Gasteiger partial charge in [0.15, 0.2) is 0 Å².